The molecule has 0 spiro atoms. The highest BCUT2D eigenvalue weighted by molar-refractivity contribution is 5.74. The second kappa shape index (κ2) is 9.26. The fraction of sp³-hybridized carbons (Fsp3) is 0.320. The Morgan fingerprint density at radius 1 is 0.971 bits per heavy atom. The standard InChI is InChI=1S/C25H27FN6O2/c1-29-22-21(23(33)28-25(29)34)32(12-11-18-7-3-2-4-8-18)24(27-22)31-15-13-30(14-16-31)17-19-9-5-6-10-20(19)26/h2-10H,11-17H2,1H3,(H,28,33,34). The van der Waals surface area contributed by atoms with Crippen molar-refractivity contribution in [1.29, 1.82) is 0 Å². The molecular weight excluding hydrogens is 435 g/mol. The van der Waals surface area contributed by atoms with Crippen molar-refractivity contribution >= 4 is 17.1 Å². The van der Waals surface area contributed by atoms with Crippen molar-refractivity contribution in [3.63, 3.8) is 0 Å². The molecule has 0 radical (unpaired) electrons. The highest BCUT2D eigenvalue weighted by Gasteiger charge is 2.25. The third-order valence-electron chi connectivity index (χ3n) is 6.46. The van der Waals surface area contributed by atoms with Crippen molar-refractivity contribution < 1.29 is 4.39 Å². The van der Waals surface area contributed by atoms with Gasteiger partial charge in [0.15, 0.2) is 11.2 Å². The van der Waals surface area contributed by atoms with Crippen molar-refractivity contribution in [2.45, 2.75) is 19.5 Å². The third kappa shape index (κ3) is 4.26. The summed E-state index contributed by atoms with van der Waals surface area (Å²) in [6.45, 7) is 3.98. The summed E-state index contributed by atoms with van der Waals surface area (Å²) in [5.74, 6) is 0.496. The number of halogens is 1. The van der Waals surface area contributed by atoms with Crippen molar-refractivity contribution in [3.8, 4) is 0 Å². The summed E-state index contributed by atoms with van der Waals surface area (Å²) < 4.78 is 17.4. The lowest BCUT2D eigenvalue weighted by Crippen LogP contribution is -2.47. The quantitative estimate of drug-likeness (QED) is 0.475. The normalized spacial score (nSPS) is 14.7. The van der Waals surface area contributed by atoms with Gasteiger partial charge in [-0.25, -0.2) is 9.18 Å². The Hall–Kier alpha value is -3.72. The summed E-state index contributed by atoms with van der Waals surface area (Å²) in [6.07, 6.45) is 0.731. The number of aryl methyl sites for hydroxylation is 3. The zero-order valence-electron chi connectivity index (χ0n) is 19.1. The molecule has 2 aromatic heterocycles. The number of rotatable bonds is 6. The van der Waals surface area contributed by atoms with Gasteiger partial charge < -0.3 is 9.47 Å². The number of nitrogens with one attached hydrogen (secondary N) is 1. The zero-order chi connectivity index (χ0) is 23.7. The molecule has 1 aliphatic heterocycles. The van der Waals surface area contributed by atoms with E-state index in [1.165, 1.54) is 10.6 Å². The molecule has 0 amide bonds. The molecule has 1 saturated heterocycles. The number of imidazole rings is 1. The predicted molar refractivity (Wildman–Crippen MR) is 130 cm³/mol. The minimum Gasteiger partial charge on any atom is -0.340 e. The molecule has 9 heteroatoms. The smallest absolute Gasteiger partial charge is 0.329 e. The molecular formula is C25H27FN6O2. The summed E-state index contributed by atoms with van der Waals surface area (Å²) >= 11 is 0. The largest absolute Gasteiger partial charge is 0.340 e. The number of nitrogens with zero attached hydrogens (tertiary/aromatic N) is 5. The third-order valence-corrected chi connectivity index (χ3v) is 6.46. The van der Waals surface area contributed by atoms with E-state index in [-0.39, 0.29) is 5.82 Å². The van der Waals surface area contributed by atoms with Gasteiger partial charge in [0.05, 0.1) is 0 Å². The van der Waals surface area contributed by atoms with Gasteiger partial charge in [0.1, 0.15) is 5.82 Å². The molecule has 3 heterocycles. The van der Waals surface area contributed by atoms with Crippen LogP contribution in [0.15, 0.2) is 64.2 Å². The van der Waals surface area contributed by atoms with E-state index in [0.29, 0.717) is 48.9 Å². The van der Waals surface area contributed by atoms with Crippen LogP contribution in [-0.2, 0) is 26.6 Å². The molecule has 1 aliphatic rings. The van der Waals surface area contributed by atoms with E-state index in [4.69, 9.17) is 4.98 Å². The number of aromatic amines is 1. The number of hydrogen-bond donors (Lipinski definition) is 1. The van der Waals surface area contributed by atoms with Crippen LogP contribution in [0, 0.1) is 5.82 Å². The summed E-state index contributed by atoms with van der Waals surface area (Å²) in [7, 11) is 1.62. The molecule has 176 valence electrons. The van der Waals surface area contributed by atoms with E-state index in [0.717, 1.165) is 25.1 Å². The van der Waals surface area contributed by atoms with E-state index in [1.807, 2.05) is 34.9 Å². The van der Waals surface area contributed by atoms with Gasteiger partial charge in [-0.15, -0.1) is 0 Å². The molecule has 34 heavy (non-hydrogen) atoms. The van der Waals surface area contributed by atoms with Gasteiger partial charge >= 0.3 is 5.69 Å². The Morgan fingerprint density at radius 2 is 1.68 bits per heavy atom. The van der Waals surface area contributed by atoms with Crippen LogP contribution in [0.5, 0.6) is 0 Å². The highest BCUT2D eigenvalue weighted by atomic mass is 19.1. The first-order chi connectivity index (χ1) is 16.5. The summed E-state index contributed by atoms with van der Waals surface area (Å²) in [6, 6.07) is 16.9. The molecule has 8 nitrogen and oxygen atoms in total. The van der Waals surface area contributed by atoms with Gasteiger partial charge in [-0.05, 0) is 18.1 Å². The molecule has 0 atom stereocenters. The Labute approximate surface area is 195 Å². The van der Waals surface area contributed by atoms with Crippen LogP contribution >= 0.6 is 0 Å². The van der Waals surface area contributed by atoms with Crippen molar-refractivity contribution in [2.75, 3.05) is 31.1 Å². The molecule has 0 saturated carbocycles. The van der Waals surface area contributed by atoms with Crippen LogP contribution in [0.25, 0.3) is 11.2 Å². The summed E-state index contributed by atoms with van der Waals surface area (Å²) in [5, 5.41) is 0. The van der Waals surface area contributed by atoms with Gasteiger partial charge in [0.2, 0.25) is 5.95 Å². The Bertz CT molecular complexity index is 1420. The molecule has 2 aromatic carbocycles. The van der Waals surface area contributed by atoms with Crippen molar-refractivity contribution in [1.82, 2.24) is 24.0 Å². The van der Waals surface area contributed by atoms with Gasteiger partial charge in [0, 0.05) is 51.9 Å². The van der Waals surface area contributed by atoms with E-state index < -0.39 is 11.2 Å². The predicted octanol–water partition coefficient (Wildman–Crippen LogP) is 2.13. The fourth-order valence-electron chi connectivity index (χ4n) is 4.54. The maximum Gasteiger partial charge on any atom is 0.329 e. The molecule has 5 rings (SSSR count). The minimum atomic E-state index is -0.480. The summed E-state index contributed by atoms with van der Waals surface area (Å²) in [5.41, 5.74) is 1.72. The maximum atomic E-state index is 14.1. The molecule has 0 aliphatic carbocycles. The zero-order valence-corrected chi connectivity index (χ0v) is 19.1. The number of hydrogen-bond acceptors (Lipinski definition) is 5. The number of fused-ring (bicyclic) bond motifs is 1. The number of H-pyrrole nitrogens is 1. The lowest BCUT2D eigenvalue weighted by molar-refractivity contribution is 0.245. The number of anilines is 1. The van der Waals surface area contributed by atoms with Crippen LogP contribution < -0.4 is 16.1 Å². The van der Waals surface area contributed by atoms with Gasteiger partial charge in [-0.1, -0.05) is 48.5 Å². The van der Waals surface area contributed by atoms with Crippen LogP contribution in [0.1, 0.15) is 11.1 Å². The van der Waals surface area contributed by atoms with E-state index in [9.17, 15) is 14.0 Å². The molecule has 0 bridgehead atoms. The minimum absolute atomic E-state index is 0.187. The first-order valence-corrected chi connectivity index (χ1v) is 11.5. The first kappa shape index (κ1) is 22.1. The molecule has 1 fully saturated rings. The van der Waals surface area contributed by atoms with Crippen LogP contribution in [0.2, 0.25) is 0 Å². The maximum absolute atomic E-state index is 14.1. The average Bonchev–Trinajstić information content (AvgIpc) is 3.24. The SMILES string of the molecule is Cn1c(=O)[nH]c(=O)c2c1nc(N1CCN(Cc3ccccc3F)CC1)n2CCc1ccccc1. The van der Waals surface area contributed by atoms with Gasteiger partial charge in [-0.2, -0.15) is 4.98 Å². The Kier molecular flexibility index (Phi) is 6.02. The van der Waals surface area contributed by atoms with Crippen LogP contribution in [0.4, 0.5) is 10.3 Å². The molecule has 1 N–H and O–H groups in total. The topological polar surface area (TPSA) is 79.2 Å². The van der Waals surface area contributed by atoms with Gasteiger partial charge in [0.25, 0.3) is 5.56 Å². The Balaban J connectivity index is 1.42. The van der Waals surface area contributed by atoms with Crippen LogP contribution in [-0.4, -0.2) is 50.2 Å². The Morgan fingerprint density at radius 3 is 2.41 bits per heavy atom. The fourth-order valence-corrected chi connectivity index (χ4v) is 4.54. The van der Waals surface area contributed by atoms with E-state index in [2.05, 4.69) is 26.9 Å². The molecule has 0 unspecified atom stereocenters. The van der Waals surface area contributed by atoms with Gasteiger partial charge in [-0.3, -0.25) is 19.2 Å². The first-order valence-electron chi connectivity index (χ1n) is 11.5. The van der Waals surface area contributed by atoms with Crippen LogP contribution in [0.3, 0.4) is 0 Å². The van der Waals surface area contributed by atoms with E-state index >= 15 is 0 Å². The number of piperazine rings is 1. The second-order valence-corrected chi connectivity index (χ2v) is 8.64. The number of benzene rings is 2. The number of aromatic nitrogens is 4. The average molecular weight is 463 g/mol. The summed E-state index contributed by atoms with van der Waals surface area (Å²) in [4.78, 5) is 36.5. The van der Waals surface area contributed by atoms with Crippen molar-refractivity contribution in [2.24, 2.45) is 7.05 Å². The lowest BCUT2D eigenvalue weighted by atomic mass is 10.1. The second-order valence-electron chi connectivity index (χ2n) is 8.64. The van der Waals surface area contributed by atoms with Crippen molar-refractivity contribution in [3.05, 3.63) is 92.4 Å². The monoisotopic (exact) mass is 462 g/mol. The molecule has 4 aromatic rings. The van der Waals surface area contributed by atoms with E-state index in [1.54, 1.807) is 13.1 Å². The highest BCUT2D eigenvalue weighted by Crippen LogP contribution is 2.22. The lowest BCUT2D eigenvalue weighted by Gasteiger charge is -2.35.